The predicted octanol–water partition coefficient (Wildman–Crippen LogP) is 6.61. The van der Waals surface area contributed by atoms with Crippen LogP contribution in [0.15, 0.2) is 53.6 Å². The van der Waals surface area contributed by atoms with Crippen molar-refractivity contribution in [2.75, 3.05) is 5.32 Å². The van der Waals surface area contributed by atoms with Crippen molar-refractivity contribution in [2.45, 2.75) is 57.4 Å². The molecule has 0 atom stereocenters. The van der Waals surface area contributed by atoms with Crippen molar-refractivity contribution < 1.29 is 0 Å². The fraction of sp³-hybridized carbons (Fsp3) is 0.348. The van der Waals surface area contributed by atoms with Gasteiger partial charge in [0.15, 0.2) is 0 Å². The molecule has 3 heteroatoms. The molecule has 2 nitrogen and oxygen atoms in total. The summed E-state index contributed by atoms with van der Waals surface area (Å²) >= 11 is 1.82. The minimum Gasteiger partial charge on any atom is -0.379 e. The van der Waals surface area contributed by atoms with Crippen LogP contribution in [0, 0.1) is 6.92 Å². The van der Waals surface area contributed by atoms with Gasteiger partial charge in [-0.05, 0) is 47.4 Å². The van der Waals surface area contributed by atoms with Crippen molar-refractivity contribution in [3.8, 4) is 0 Å². The average Bonchev–Trinajstić information content (AvgIpc) is 2.59. The van der Waals surface area contributed by atoms with E-state index in [4.69, 9.17) is 4.98 Å². The minimum atomic E-state index is 0.131. The molecule has 0 saturated carbocycles. The minimum absolute atomic E-state index is 0.131. The molecule has 3 aromatic rings. The number of hydrogen-bond donors (Lipinski definition) is 1. The van der Waals surface area contributed by atoms with E-state index in [2.05, 4.69) is 88.5 Å². The Hall–Kier alpha value is -2.00. The van der Waals surface area contributed by atoms with Crippen LogP contribution < -0.4 is 5.32 Å². The monoisotopic (exact) mass is 364 g/mol. The molecule has 0 radical (unpaired) electrons. The van der Waals surface area contributed by atoms with E-state index in [1.165, 1.54) is 21.9 Å². The number of nitrogens with zero attached hydrogens (tertiary/aromatic N) is 1. The number of hydrogen-bond acceptors (Lipinski definition) is 3. The Morgan fingerprint density at radius 1 is 1.00 bits per heavy atom. The van der Waals surface area contributed by atoms with E-state index in [0.717, 1.165) is 29.4 Å². The standard InChI is InChI=1S/C23H28N2S/c1-6-18-14-21(22(25-16(18)2)26-23(3,4)5)24-15-17-11-12-19-9-7-8-10-20(19)13-17/h7-14,24H,6,15H2,1-5H3. The van der Waals surface area contributed by atoms with E-state index in [-0.39, 0.29) is 4.75 Å². The molecule has 2 aromatic carbocycles. The molecule has 1 heterocycles. The molecule has 3 rings (SSSR count). The maximum atomic E-state index is 4.89. The topological polar surface area (TPSA) is 24.9 Å². The third-order valence-electron chi connectivity index (χ3n) is 4.36. The Balaban J connectivity index is 1.86. The Morgan fingerprint density at radius 2 is 1.73 bits per heavy atom. The van der Waals surface area contributed by atoms with E-state index in [9.17, 15) is 0 Å². The first kappa shape index (κ1) is 18.8. The summed E-state index contributed by atoms with van der Waals surface area (Å²) in [6, 6.07) is 17.4. The van der Waals surface area contributed by atoms with Crippen molar-refractivity contribution >= 4 is 28.2 Å². The van der Waals surface area contributed by atoms with Crippen molar-refractivity contribution in [1.82, 2.24) is 4.98 Å². The molecule has 1 aromatic heterocycles. The van der Waals surface area contributed by atoms with Crippen LogP contribution in [0.2, 0.25) is 0 Å². The second-order valence-electron chi connectivity index (χ2n) is 7.69. The number of pyridine rings is 1. The number of aromatic nitrogens is 1. The third-order valence-corrected chi connectivity index (χ3v) is 5.48. The highest BCUT2D eigenvalue weighted by atomic mass is 32.2. The summed E-state index contributed by atoms with van der Waals surface area (Å²) in [5, 5.41) is 7.29. The lowest BCUT2D eigenvalue weighted by Gasteiger charge is -2.21. The summed E-state index contributed by atoms with van der Waals surface area (Å²) in [5.74, 6) is 0. The quantitative estimate of drug-likeness (QED) is 0.516. The van der Waals surface area contributed by atoms with Crippen LogP contribution in [0.25, 0.3) is 10.8 Å². The highest BCUT2D eigenvalue weighted by molar-refractivity contribution is 8.00. The zero-order valence-corrected chi connectivity index (χ0v) is 17.2. The van der Waals surface area contributed by atoms with Crippen LogP contribution in [0.1, 0.15) is 44.5 Å². The van der Waals surface area contributed by atoms with Gasteiger partial charge in [0, 0.05) is 17.0 Å². The van der Waals surface area contributed by atoms with E-state index >= 15 is 0 Å². The SMILES string of the molecule is CCc1cc(NCc2ccc3ccccc3c2)c(SC(C)(C)C)nc1C. The number of thioether (sulfide) groups is 1. The maximum Gasteiger partial charge on any atom is 0.120 e. The number of nitrogens with one attached hydrogen (secondary N) is 1. The Labute approximate surface area is 161 Å². The smallest absolute Gasteiger partial charge is 0.120 e. The summed E-state index contributed by atoms with van der Waals surface area (Å²) in [6.45, 7) is 11.8. The van der Waals surface area contributed by atoms with Gasteiger partial charge < -0.3 is 5.32 Å². The highest BCUT2D eigenvalue weighted by Crippen LogP contribution is 2.36. The van der Waals surface area contributed by atoms with Gasteiger partial charge in [-0.3, -0.25) is 0 Å². The van der Waals surface area contributed by atoms with Crippen LogP contribution in [0.4, 0.5) is 5.69 Å². The van der Waals surface area contributed by atoms with E-state index in [1.54, 1.807) is 0 Å². The molecular formula is C23H28N2S. The number of aryl methyl sites for hydroxylation is 2. The van der Waals surface area contributed by atoms with Crippen LogP contribution >= 0.6 is 11.8 Å². The van der Waals surface area contributed by atoms with Crippen LogP contribution in [-0.4, -0.2) is 9.73 Å². The van der Waals surface area contributed by atoms with Gasteiger partial charge in [0.1, 0.15) is 5.03 Å². The van der Waals surface area contributed by atoms with Crippen LogP contribution in [0.5, 0.6) is 0 Å². The number of anilines is 1. The van der Waals surface area contributed by atoms with Crippen LogP contribution in [-0.2, 0) is 13.0 Å². The fourth-order valence-electron chi connectivity index (χ4n) is 3.02. The largest absolute Gasteiger partial charge is 0.379 e. The molecule has 1 N–H and O–H groups in total. The molecule has 0 aliphatic rings. The fourth-order valence-corrected chi connectivity index (χ4v) is 4.03. The molecule has 0 aliphatic heterocycles. The van der Waals surface area contributed by atoms with Gasteiger partial charge in [-0.15, -0.1) is 0 Å². The molecule has 0 aliphatic carbocycles. The lowest BCUT2D eigenvalue weighted by Crippen LogP contribution is -2.11. The van der Waals surface area contributed by atoms with Gasteiger partial charge in [0.2, 0.25) is 0 Å². The van der Waals surface area contributed by atoms with E-state index in [1.807, 2.05) is 11.8 Å². The summed E-state index contributed by atoms with van der Waals surface area (Å²) in [6.07, 6.45) is 1.00. The molecular weight excluding hydrogens is 336 g/mol. The molecule has 0 fully saturated rings. The van der Waals surface area contributed by atoms with Crippen molar-refractivity contribution in [2.24, 2.45) is 0 Å². The lowest BCUT2D eigenvalue weighted by atomic mass is 10.1. The molecule has 0 unspecified atom stereocenters. The van der Waals surface area contributed by atoms with Gasteiger partial charge in [-0.1, -0.05) is 75.9 Å². The maximum absolute atomic E-state index is 4.89. The third kappa shape index (κ3) is 4.59. The summed E-state index contributed by atoms with van der Waals surface area (Å²) < 4.78 is 0.131. The van der Waals surface area contributed by atoms with Gasteiger partial charge >= 0.3 is 0 Å². The number of benzene rings is 2. The molecule has 0 bridgehead atoms. The molecule has 26 heavy (non-hydrogen) atoms. The molecule has 0 amide bonds. The number of fused-ring (bicyclic) bond motifs is 1. The number of rotatable bonds is 5. The Bertz CT molecular complexity index is 910. The first-order valence-corrected chi connectivity index (χ1v) is 10.1. The van der Waals surface area contributed by atoms with E-state index < -0.39 is 0 Å². The highest BCUT2D eigenvalue weighted by Gasteiger charge is 2.17. The zero-order valence-electron chi connectivity index (χ0n) is 16.4. The predicted molar refractivity (Wildman–Crippen MR) is 115 cm³/mol. The second kappa shape index (κ2) is 7.71. The van der Waals surface area contributed by atoms with Crippen molar-refractivity contribution in [3.63, 3.8) is 0 Å². The lowest BCUT2D eigenvalue weighted by molar-refractivity contribution is 0.798. The zero-order chi connectivity index (χ0) is 18.7. The Kier molecular flexibility index (Phi) is 5.57. The van der Waals surface area contributed by atoms with Gasteiger partial charge in [0.05, 0.1) is 5.69 Å². The molecule has 0 saturated heterocycles. The van der Waals surface area contributed by atoms with Crippen LogP contribution in [0.3, 0.4) is 0 Å². The Morgan fingerprint density at radius 3 is 2.42 bits per heavy atom. The normalized spacial score (nSPS) is 11.7. The summed E-state index contributed by atoms with van der Waals surface area (Å²) in [5.41, 5.74) is 4.87. The molecule has 136 valence electrons. The van der Waals surface area contributed by atoms with Gasteiger partial charge in [-0.2, -0.15) is 0 Å². The summed E-state index contributed by atoms with van der Waals surface area (Å²) in [7, 11) is 0. The molecule has 0 spiro atoms. The average molecular weight is 365 g/mol. The van der Waals surface area contributed by atoms with Gasteiger partial charge in [-0.25, -0.2) is 4.98 Å². The second-order valence-corrected chi connectivity index (χ2v) is 9.50. The van der Waals surface area contributed by atoms with Gasteiger partial charge in [0.25, 0.3) is 0 Å². The first-order chi connectivity index (χ1) is 12.4. The summed E-state index contributed by atoms with van der Waals surface area (Å²) in [4.78, 5) is 4.89. The van der Waals surface area contributed by atoms with Crippen molar-refractivity contribution in [3.05, 3.63) is 65.4 Å². The van der Waals surface area contributed by atoms with Crippen molar-refractivity contribution in [1.29, 1.82) is 0 Å². The van der Waals surface area contributed by atoms with E-state index in [0.29, 0.717) is 0 Å². The first-order valence-electron chi connectivity index (χ1n) is 9.27.